The van der Waals surface area contributed by atoms with Crippen molar-refractivity contribution in [3.05, 3.63) is 35.2 Å². The Balaban J connectivity index is 1.59. The van der Waals surface area contributed by atoms with E-state index in [0.717, 1.165) is 31.4 Å². The molecule has 1 N–H and O–H groups in total. The maximum absolute atomic E-state index is 12.6. The molecular formula is C20H27ClN4O2. The zero-order valence-corrected chi connectivity index (χ0v) is 16.9. The molecule has 7 heteroatoms. The smallest absolute Gasteiger partial charge is 0.241 e. The number of carbonyl (C=O) groups excluding carboxylic acids is 1. The maximum atomic E-state index is 12.6. The first-order chi connectivity index (χ1) is 12.9. The van der Waals surface area contributed by atoms with Crippen molar-refractivity contribution in [1.29, 1.82) is 0 Å². The van der Waals surface area contributed by atoms with Gasteiger partial charge in [0.2, 0.25) is 17.6 Å². The van der Waals surface area contributed by atoms with Crippen molar-refractivity contribution in [2.75, 3.05) is 13.1 Å². The van der Waals surface area contributed by atoms with Gasteiger partial charge in [-0.05, 0) is 63.9 Å². The molecule has 1 aliphatic rings. The SMILES string of the molecule is CCC(C)(C)NC(=O)C1CCCN(Cc2nc(-c3ccc(Cl)cc3)no2)C1. The Morgan fingerprint density at radius 3 is 2.81 bits per heavy atom. The van der Waals surface area contributed by atoms with Crippen molar-refractivity contribution in [3.63, 3.8) is 0 Å². The molecular weight excluding hydrogens is 364 g/mol. The molecule has 146 valence electrons. The first-order valence-corrected chi connectivity index (χ1v) is 9.87. The van der Waals surface area contributed by atoms with Gasteiger partial charge < -0.3 is 9.84 Å². The molecule has 0 radical (unpaired) electrons. The fourth-order valence-electron chi connectivity index (χ4n) is 3.16. The van der Waals surface area contributed by atoms with E-state index in [0.29, 0.717) is 29.8 Å². The minimum Gasteiger partial charge on any atom is -0.351 e. The summed E-state index contributed by atoms with van der Waals surface area (Å²) < 4.78 is 5.41. The van der Waals surface area contributed by atoms with Crippen LogP contribution in [0.4, 0.5) is 0 Å². The van der Waals surface area contributed by atoms with Crippen molar-refractivity contribution in [3.8, 4) is 11.4 Å². The number of carbonyl (C=O) groups is 1. The number of nitrogens with zero attached hydrogens (tertiary/aromatic N) is 3. The Hall–Kier alpha value is -1.92. The van der Waals surface area contributed by atoms with E-state index in [4.69, 9.17) is 16.1 Å². The van der Waals surface area contributed by atoms with Gasteiger partial charge in [-0.3, -0.25) is 9.69 Å². The van der Waals surface area contributed by atoms with Crippen LogP contribution in [0.2, 0.25) is 5.02 Å². The van der Waals surface area contributed by atoms with E-state index in [1.165, 1.54) is 0 Å². The summed E-state index contributed by atoms with van der Waals surface area (Å²) in [7, 11) is 0. The van der Waals surface area contributed by atoms with Crippen LogP contribution in [-0.2, 0) is 11.3 Å². The Kier molecular flexibility index (Phi) is 6.17. The number of hydrogen-bond donors (Lipinski definition) is 1. The molecule has 1 aromatic carbocycles. The molecule has 1 aliphatic heterocycles. The fourth-order valence-corrected chi connectivity index (χ4v) is 3.29. The molecule has 1 aromatic heterocycles. The van der Waals surface area contributed by atoms with Crippen LogP contribution in [0.15, 0.2) is 28.8 Å². The van der Waals surface area contributed by atoms with Gasteiger partial charge in [-0.25, -0.2) is 0 Å². The number of aromatic nitrogens is 2. The van der Waals surface area contributed by atoms with E-state index in [1.807, 2.05) is 12.1 Å². The second kappa shape index (κ2) is 8.40. The van der Waals surface area contributed by atoms with Crippen LogP contribution in [-0.4, -0.2) is 39.6 Å². The van der Waals surface area contributed by atoms with Gasteiger partial charge in [0.15, 0.2) is 0 Å². The zero-order chi connectivity index (χ0) is 19.4. The molecule has 0 spiro atoms. The molecule has 0 bridgehead atoms. The van der Waals surface area contributed by atoms with Gasteiger partial charge in [-0.15, -0.1) is 0 Å². The van der Waals surface area contributed by atoms with Crippen molar-refractivity contribution in [1.82, 2.24) is 20.4 Å². The quantitative estimate of drug-likeness (QED) is 0.809. The third-order valence-electron chi connectivity index (χ3n) is 5.15. The predicted molar refractivity (Wildman–Crippen MR) is 105 cm³/mol. The normalized spacial score (nSPS) is 18.4. The highest BCUT2D eigenvalue weighted by molar-refractivity contribution is 6.30. The van der Waals surface area contributed by atoms with Gasteiger partial charge in [0.05, 0.1) is 12.5 Å². The van der Waals surface area contributed by atoms with Crippen molar-refractivity contribution < 1.29 is 9.32 Å². The van der Waals surface area contributed by atoms with Crippen LogP contribution < -0.4 is 5.32 Å². The summed E-state index contributed by atoms with van der Waals surface area (Å²) in [5.41, 5.74) is 0.700. The third kappa shape index (κ3) is 5.30. The number of piperidine rings is 1. The molecule has 1 saturated heterocycles. The number of rotatable bonds is 6. The van der Waals surface area contributed by atoms with Crippen LogP contribution in [0, 0.1) is 5.92 Å². The fraction of sp³-hybridized carbons (Fsp3) is 0.550. The Labute approximate surface area is 165 Å². The van der Waals surface area contributed by atoms with Crippen LogP contribution in [0.25, 0.3) is 11.4 Å². The zero-order valence-electron chi connectivity index (χ0n) is 16.2. The number of nitrogens with one attached hydrogen (secondary N) is 1. The van der Waals surface area contributed by atoms with E-state index >= 15 is 0 Å². The van der Waals surface area contributed by atoms with E-state index in [2.05, 4.69) is 41.1 Å². The lowest BCUT2D eigenvalue weighted by molar-refractivity contribution is -0.128. The van der Waals surface area contributed by atoms with Gasteiger partial charge in [-0.1, -0.05) is 23.7 Å². The third-order valence-corrected chi connectivity index (χ3v) is 5.40. The highest BCUT2D eigenvalue weighted by atomic mass is 35.5. The van der Waals surface area contributed by atoms with Crippen molar-refractivity contribution in [2.45, 2.75) is 52.1 Å². The van der Waals surface area contributed by atoms with Gasteiger partial charge in [-0.2, -0.15) is 4.98 Å². The molecule has 1 fully saturated rings. The minimum absolute atomic E-state index is 0.00299. The number of likely N-dealkylation sites (tertiary alicyclic amines) is 1. The summed E-state index contributed by atoms with van der Waals surface area (Å²) in [4.78, 5) is 19.3. The summed E-state index contributed by atoms with van der Waals surface area (Å²) in [6.45, 7) is 8.40. The molecule has 2 aromatic rings. The second-order valence-electron chi connectivity index (χ2n) is 7.82. The van der Waals surface area contributed by atoms with Gasteiger partial charge >= 0.3 is 0 Å². The highest BCUT2D eigenvalue weighted by Gasteiger charge is 2.29. The molecule has 1 amide bonds. The van der Waals surface area contributed by atoms with Gasteiger partial charge in [0, 0.05) is 22.7 Å². The lowest BCUT2D eigenvalue weighted by Crippen LogP contribution is -2.49. The highest BCUT2D eigenvalue weighted by Crippen LogP contribution is 2.22. The summed E-state index contributed by atoms with van der Waals surface area (Å²) >= 11 is 5.92. The average molecular weight is 391 g/mol. The van der Waals surface area contributed by atoms with Gasteiger partial charge in [0.1, 0.15) is 0 Å². The summed E-state index contributed by atoms with van der Waals surface area (Å²) in [6.07, 6.45) is 2.81. The molecule has 6 nitrogen and oxygen atoms in total. The van der Waals surface area contributed by atoms with Crippen molar-refractivity contribution in [2.24, 2.45) is 5.92 Å². The van der Waals surface area contributed by atoms with E-state index in [9.17, 15) is 4.79 Å². The van der Waals surface area contributed by atoms with E-state index in [-0.39, 0.29) is 17.4 Å². The topological polar surface area (TPSA) is 71.3 Å². The molecule has 1 atom stereocenters. The Morgan fingerprint density at radius 1 is 1.37 bits per heavy atom. The standard InChI is InChI=1S/C20H27ClN4O2/c1-4-20(2,3)23-19(26)15-6-5-11-25(12-15)13-17-22-18(24-27-17)14-7-9-16(21)10-8-14/h7-10,15H,4-6,11-13H2,1-3H3,(H,23,26). The largest absolute Gasteiger partial charge is 0.351 e. The monoisotopic (exact) mass is 390 g/mol. The first kappa shape index (κ1) is 19.8. The van der Waals surface area contributed by atoms with Crippen LogP contribution >= 0.6 is 11.6 Å². The second-order valence-corrected chi connectivity index (χ2v) is 8.26. The number of amides is 1. The molecule has 2 heterocycles. The Bertz CT molecular complexity index is 773. The lowest BCUT2D eigenvalue weighted by atomic mass is 9.94. The number of halogens is 1. The van der Waals surface area contributed by atoms with Crippen LogP contribution in [0.3, 0.4) is 0 Å². The average Bonchev–Trinajstić information content (AvgIpc) is 3.10. The summed E-state index contributed by atoms with van der Waals surface area (Å²) in [5, 5.41) is 7.90. The molecule has 0 aliphatic carbocycles. The number of benzene rings is 1. The molecule has 27 heavy (non-hydrogen) atoms. The van der Waals surface area contributed by atoms with E-state index in [1.54, 1.807) is 12.1 Å². The van der Waals surface area contributed by atoms with Gasteiger partial charge in [0.25, 0.3) is 0 Å². The van der Waals surface area contributed by atoms with Crippen LogP contribution in [0.5, 0.6) is 0 Å². The first-order valence-electron chi connectivity index (χ1n) is 9.49. The number of hydrogen-bond acceptors (Lipinski definition) is 5. The minimum atomic E-state index is -0.167. The molecule has 3 rings (SSSR count). The summed E-state index contributed by atoms with van der Waals surface area (Å²) in [6, 6.07) is 7.35. The molecule has 0 saturated carbocycles. The van der Waals surface area contributed by atoms with Crippen LogP contribution in [0.1, 0.15) is 45.9 Å². The van der Waals surface area contributed by atoms with Crippen molar-refractivity contribution >= 4 is 17.5 Å². The predicted octanol–water partition coefficient (Wildman–Crippen LogP) is 3.91. The molecule has 1 unspecified atom stereocenters. The lowest BCUT2D eigenvalue weighted by Gasteiger charge is -2.33. The van der Waals surface area contributed by atoms with E-state index < -0.39 is 0 Å². The summed E-state index contributed by atoms with van der Waals surface area (Å²) in [5.74, 6) is 1.26. The maximum Gasteiger partial charge on any atom is 0.241 e. The Morgan fingerprint density at radius 2 is 2.11 bits per heavy atom.